The van der Waals surface area contributed by atoms with Gasteiger partial charge in [0.25, 0.3) is 0 Å². The zero-order valence-corrected chi connectivity index (χ0v) is 13.4. The molecule has 0 amide bonds. The zero-order chi connectivity index (χ0) is 19.2. The van der Waals surface area contributed by atoms with Crippen molar-refractivity contribution in [2.45, 2.75) is 6.18 Å². The molecule has 134 valence electrons. The molecule has 0 atom stereocenters. The average molecular weight is 385 g/mol. The molecule has 0 aliphatic rings. The normalized spacial score (nSPS) is 11.7. The number of rotatable bonds is 2. The molecule has 2 aromatic carbocycles. The van der Waals surface area contributed by atoms with Gasteiger partial charge in [-0.3, -0.25) is 4.79 Å². The number of phenols is 1. The maximum Gasteiger partial charge on any atom is 0.450 e. The van der Waals surface area contributed by atoms with Crippen molar-refractivity contribution in [1.82, 2.24) is 0 Å². The predicted molar refractivity (Wildman–Crippen MR) is 86.6 cm³/mol. The van der Waals surface area contributed by atoms with Gasteiger partial charge in [0.1, 0.15) is 11.3 Å². The molecule has 2 N–H and O–H groups in total. The highest BCUT2D eigenvalue weighted by atomic mass is 35.5. The second-order valence-corrected chi connectivity index (χ2v) is 5.72. The van der Waals surface area contributed by atoms with E-state index in [1.54, 1.807) is 0 Å². The minimum absolute atomic E-state index is 0.177. The van der Waals surface area contributed by atoms with E-state index in [2.05, 4.69) is 0 Å². The number of carboxylic acids is 1. The highest BCUT2D eigenvalue weighted by molar-refractivity contribution is 6.33. The molecule has 26 heavy (non-hydrogen) atoms. The van der Waals surface area contributed by atoms with E-state index in [9.17, 15) is 27.9 Å². The van der Waals surface area contributed by atoms with Crippen molar-refractivity contribution in [2.75, 3.05) is 0 Å². The number of phenolic OH excluding ortho intramolecular Hbond substituents is 1. The molecule has 0 spiro atoms. The Morgan fingerprint density at radius 2 is 1.81 bits per heavy atom. The standard InChI is InChI=1S/C17H8ClF3O5/c18-11-5-7(1-3-9(11)16(24)25)13-14(23)10-4-2-8(22)6-12(10)26-15(13)17(19,20)21/h1-6,22H,(H,24,25). The third-order valence-corrected chi connectivity index (χ3v) is 3.93. The van der Waals surface area contributed by atoms with Crippen LogP contribution in [0.25, 0.3) is 22.1 Å². The molecular weight excluding hydrogens is 377 g/mol. The fraction of sp³-hybridized carbons (Fsp3) is 0.0588. The lowest BCUT2D eigenvalue weighted by molar-refractivity contribution is -0.152. The van der Waals surface area contributed by atoms with Crippen molar-refractivity contribution >= 4 is 28.5 Å². The average Bonchev–Trinajstić information content (AvgIpc) is 2.53. The molecule has 5 nitrogen and oxygen atoms in total. The Hall–Kier alpha value is -3.00. The van der Waals surface area contributed by atoms with Crippen molar-refractivity contribution in [1.29, 1.82) is 0 Å². The number of benzene rings is 2. The fourth-order valence-corrected chi connectivity index (χ4v) is 2.75. The summed E-state index contributed by atoms with van der Waals surface area (Å²) >= 11 is 5.80. The van der Waals surface area contributed by atoms with Crippen LogP contribution in [0.15, 0.2) is 45.6 Å². The van der Waals surface area contributed by atoms with Crippen molar-refractivity contribution < 1.29 is 32.6 Å². The lowest BCUT2D eigenvalue weighted by atomic mass is 10.00. The number of carboxylic acid groups (broad SMARTS) is 1. The van der Waals surface area contributed by atoms with Crippen molar-refractivity contribution in [2.24, 2.45) is 0 Å². The van der Waals surface area contributed by atoms with Crippen LogP contribution in [-0.2, 0) is 6.18 Å². The summed E-state index contributed by atoms with van der Waals surface area (Å²) in [6, 6.07) is 6.17. The Bertz CT molecular complexity index is 1100. The summed E-state index contributed by atoms with van der Waals surface area (Å²) in [6.45, 7) is 0. The van der Waals surface area contributed by atoms with E-state index in [4.69, 9.17) is 21.1 Å². The van der Waals surface area contributed by atoms with Crippen LogP contribution in [-0.4, -0.2) is 16.2 Å². The fourth-order valence-electron chi connectivity index (χ4n) is 2.49. The smallest absolute Gasteiger partial charge is 0.450 e. The van der Waals surface area contributed by atoms with E-state index >= 15 is 0 Å². The largest absolute Gasteiger partial charge is 0.508 e. The number of carbonyl (C=O) groups is 1. The molecule has 1 heterocycles. The second kappa shape index (κ2) is 6.06. The highest BCUT2D eigenvalue weighted by Crippen LogP contribution is 2.38. The van der Waals surface area contributed by atoms with Gasteiger partial charge >= 0.3 is 12.1 Å². The number of hydrogen-bond donors (Lipinski definition) is 2. The van der Waals surface area contributed by atoms with Gasteiger partial charge in [0, 0.05) is 6.07 Å². The maximum absolute atomic E-state index is 13.4. The van der Waals surface area contributed by atoms with Gasteiger partial charge in [-0.2, -0.15) is 13.2 Å². The molecule has 0 aliphatic heterocycles. The summed E-state index contributed by atoms with van der Waals surface area (Å²) in [5, 5.41) is 17.9. The summed E-state index contributed by atoms with van der Waals surface area (Å²) in [7, 11) is 0. The third kappa shape index (κ3) is 2.99. The van der Waals surface area contributed by atoms with Gasteiger partial charge in [0.15, 0.2) is 0 Å². The molecule has 9 heteroatoms. The number of fused-ring (bicyclic) bond motifs is 1. The Labute approximate surface area is 147 Å². The summed E-state index contributed by atoms with van der Waals surface area (Å²) < 4.78 is 45.1. The number of hydrogen-bond acceptors (Lipinski definition) is 4. The van der Waals surface area contributed by atoms with Crippen LogP contribution in [0.2, 0.25) is 5.02 Å². The summed E-state index contributed by atoms with van der Waals surface area (Å²) in [5.74, 6) is -3.30. The van der Waals surface area contributed by atoms with E-state index in [-0.39, 0.29) is 27.3 Å². The SMILES string of the molecule is O=C(O)c1ccc(-c2c(C(F)(F)F)oc3cc(O)ccc3c2=O)cc1Cl. The van der Waals surface area contributed by atoms with Gasteiger partial charge in [-0.05, 0) is 29.8 Å². The maximum atomic E-state index is 13.4. The molecule has 3 rings (SSSR count). The lowest BCUT2D eigenvalue weighted by Gasteiger charge is -2.13. The first-order valence-electron chi connectivity index (χ1n) is 7.00. The zero-order valence-electron chi connectivity index (χ0n) is 12.6. The van der Waals surface area contributed by atoms with Gasteiger partial charge in [-0.1, -0.05) is 17.7 Å². The van der Waals surface area contributed by atoms with E-state index in [0.717, 1.165) is 36.4 Å². The quantitative estimate of drug-likeness (QED) is 0.677. The van der Waals surface area contributed by atoms with Gasteiger partial charge < -0.3 is 14.6 Å². The monoisotopic (exact) mass is 384 g/mol. The van der Waals surface area contributed by atoms with Crippen LogP contribution in [0.3, 0.4) is 0 Å². The van der Waals surface area contributed by atoms with E-state index in [1.807, 2.05) is 0 Å². The van der Waals surface area contributed by atoms with Gasteiger partial charge in [-0.25, -0.2) is 4.79 Å². The Morgan fingerprint density at radius 1 is 1.12 bits per heavy atom. The summed E-state index contributed by atoms with van der Waals surface area (Å²) in [5.41, 5.74) is -2.78. The van der Waals surface area contributed by atoms with E-state index in [0.29, 0.717) is 0 Å². The molecule has 3 aromatic rings. The summed E-state index contributed by atoms with van der Waals surface area (Å²) in [6.07, 6.45) is -5.01. The number of aromatic hydroxyl groups is 1. The molecular formula is C17H8ClF3O5. The molecule has 0 saturated carbocycles. The van der Waals surface area contributed by atoms with E-state index in [1.165, 1.54) is 0 Å². The van der Waals surface area contributed by atoms with Gasteiger partial charge in [0.05, 0.1) is 21.5 Å². The van der Waals surface area contributed by atoms with Gasteiger partial charge in [0.2, 0.25) is 11.2 Å². The molecule has 0 bridgehead atoms. The minimum atomic E-state index is -5.01. The molecule has 0 radical (unpaired) electrons. The van der Waals surface area contributed by atoms with Crippen molar-refractivity contribution in [3.8, 4) is 16.9 Å². The third-order valence-electron chi connectivity index (χ3n) is 3.62. The minimum Gasteiger partial charge on any atom is -0.508 e. The predicted octanol–water partition coefficient (Wildman–Crippen LogP) is 4.54. The van der Waals surface area contributed by atoms with Crippen molar-refractivity contribution in [3.05, 3.63) is 63.0 Å². The van der Waals surface area contributed by atoms with Crippen LogP contribution in [0.4, 0.5) is 13.2 Å². The molecule has 0 fully saturated rings. The number of aromatic carboxylic acids is 1. The molecule has 1 aromatic heterocycles. The van der Waals surface area contributed by atoms with E-state index < -0.39 is 34.5 Å². The first kappa shape index (κ1) is 17.8. The van der Waals surface area contributed by atoms with Gasteiger partial charge in [-0.15, -0.1) is 0 Å². The molecule has 0 unspecified atom stereocenters. The lowest BCUT2D eigenvalue weighted by Crippen LogP contribution is -2.16. The van der Waals surface area contributed by atoms with Crippen LogP contribution < -0.4 is 5.43 Å². The Morgan fingerprint density at radius 3 is 2.38 bits per heavy atom. The first-order valence-corrected chi connectivity index (χ1v) is 7.37. The van der Waals surface area contributed by atoms with Crippen molar-refractivity contribution in [3.63, 3.8) is 0 Å². The topological polar surface area (TPSA) is 87.7 Å². The van der Waals surface area contributed by atoms with Crippen LogP contribution in [0, 0.1) is 0 Å². The highest BCUT2D eigenvalue weighted by Gasteiger charge is 2.39. The summed E-state index contributed by atoms with van der Waals surface area (Å²) in [4.78, 5) is 23.6. The molecule has 0 saturated heterocycles. The first-order chi connectivity index (χ1) is 12.1. The Balaban J connectivity index is 2.39. The second-order valence-electron chi connectivity index (χ2n) is 5.31. The van der Waals surface area contributed by atoms with Crippen LogP contribution in [0.1, 0.15) is 16.1 Å². The number of alkyl halides is 3. The van der Waals surface area contributed by atoms with Crippen LogP contribution in [0.5, 0.6) is 5.75 Å². The van der Waals surface area contributed by atoms with Crippen LogP contribution >= 0.6 is 11.6 Å². The number of halogens is 4. The molecule has 0 aliphatic carbocycles. The Kier molecular flexibility index (Phi) is 4.15.